The zero-order valence-corrected chi connectivity index (χ0v) is 13.1. The lowest BCUT2D eigenvalue weighted by atomic mass is 10.2. The number of carbonyl (C=O) groups is 1. The van der Waals surface area contributed by atoms with Gasteiger partial charge in [0.2, 0.25) is 0 Å². The molecule has 0 bridgehead atoms. The number of anilines is 2. The molecule has 4 nitrogen and oxygen atoms in total. The Kier molecular flexibility index (Phi) is 4.42. The van der Waals surface area contributed by atoms with E-state index in [1.54, 1.807) is 12.1 Å². The molecule has 104 valence electrons. The van der Waals surface area contributed by atoms with Crippen LogP contribution in [-0.4, -0.2) is 11.0 Å². The number of rotatable bonds is 2. The summed E-state index contributed by atoms with van der Waals surface area (Å²) in [5.41, 5.74) is 6.34. The van der Waals surface area contributed by atoms with Gasteiger partial charge in [-0.15, -0.1) is 0 Å². The first kappa shape index (κ1) is 15.0. The van der Waals surface area contributed by atoms with Gasteiger partial charge < -0.3 is 16.2 Å². The SMILES string of the molecule is Nc1c(Cl)cc(C(=O)Nc2cc(Br)ccc2O)cc1Cl. The second kappa shape index (κ2) is 5.91. The van der Waals surface area contributed by atoms with Crippen LogP contribution in [0.1, 0.15) is 10.4 Å². The molecule has 0 saturated heterocycles. The second-order valence-corrected chi connectivity index (χ2v) is 5.70. The fraction of sp³-hybridized carbons (Fsp3) is 0. The quantitative estimate of drug-likeness (QED) is 0.541. The van der Waals surface area contributed by atoms with Crippen molar-refractivity contribution in [2.75, 3.05) is 11.1 Å². The maximum absolute atomic E-state index is 12.1. The molecule has 1 amide bonds. The third-order valence-electron chi connectivity index (χ3n) is 2.55. The van der Waals surface area contributed by atoms with E-state index >= 15 is 0 Å². The van der Waals surface area contributed by atoms with E-state index < -0.39 is 5.91 Å². The van der Waals surface area contributed by atoms with Crippen LogP contribution in [0.15, 0.2) is 34.8 Å². The zero-order chi connectivity index (χ0) is 14.9. The maximum atomic E-state index is 12.1. The Balaban J connectivity index is 2.31. The van der Waals surface area contributed by atoms with Gasteiger partial charge in [0, 0.05) is 10.0 Å². The molecule has 0 fully saturated rings. The number of amides is 1. The van der Waals surface area contributed by atoms with Crippen LogP contribution < -0.4 is 11.1 Å². The van der Waals surface area contributed by atoms with Crippen molar-refractivity contribution >= 4 is 56.4 Å². The number of hydrogen-bond acceptors (Lipinski definition) is 3. The summed E-state index contributed by atoms with van der Waals surface area (Å²) in [6, 6.07) is 7.51. The molecular weight excluding hydrogens is 367 g/mol. The van der Waals surface area contributed by atoms with Gasteiger partial charge in [0.1, 0.15) is 5.75 Å². The molecule has 0 heterocycles. The van der Waals surface area contributed by atoms with E-state index in [1.165, 1.54) is 18.2 Å². The van der Waals surface area contributed by atoms with Crippen LogP contribution in [0.4, 0.5) is 11.4 Å². The molecular formula is C13H9BrCl2N2O2. The van der Waals surface area contributed by atoms with Crippen LogP contribution in [0, 0.1) is 0 Å². The van der Waals surface area contributed by atoms with Gasteiger partial charge in [0.05, 0.1) is 21.4 Å². The summed E-state index contributed by atoms with van der Waals surface area (Å²) in [5.74, 6) is -0.503. The van der Waals surface area contributed by atoms with Crippen molar-refractivity contribution in [3.05, 3.63) is 50.4 Å². The first-order chi connectivity index (χ1) is 9.38. The lowest BCUT2D eigenvalue weighted by molar-refractivity contribution is 0.102. The number of halogens is 3. The molecule has 0 unspecified atom stereocenters. The van der Waals surface area contributed by atoms with Crippen LogP contribution >= 0.6 is 39.1 Å². The number of nitrogens with one attached hydrogen (secondary N) is 1. The van der Waals surface area contributed by atoms with Gasteiger partial charge in [-0.05, 0) is 30.3 Å². The average Bonchev–Trinajstić information content (AvgIpc) is 2.39. The molecule has 2 aromatic carbocycles. The summed E-state index contributed by atoms with van der Waals surface area (Å²) in [7, 11) is 0. The van der Waals surface area contributed by atoms with Gasteiger partial charge in [-0.3, -0.25) is 4.79 Å². The molecule has 0 aromatic heterocycles. The minimum absolute atomic E-state index is 0.0470. The zero-order valence-electron chi connectivity index (χ0n) is 9.95. The first-order valence-corrected chi connectivity index (χ1v) is 6.98. The number of hydrogen-bond donors (Lipinski definition) is 3. The van der Waals surface area contributed by atoms with E-state index in [0.717, 1.165) is 4.47 Å². The molecule has 2 rings (SSSR count). The number of phenolic OH excluding ortho intramolecular Hbond substituents is 1. The lowest BCUT2D eigenvalue weighted by Crippen LogP contribution is -2.12. The maximum Gasteiger partial charge on any atom is 0.255 e. The summed E-state index contributed by atoms with van der Waals surface area (Å²) >= 11 is 15.0. The Hall–Kier alpha value is -1.43. The highest BCUT2D eigenvalue weighted by Crippen LogP contribution is 2.30. The number of phenols is 1. The Labute approximate surface area is 133 Å². The monoisotopic (exact) mass is 374 g/mol. The van der Waals surface area contributed by atoms with Crippen LogP contribution in [0.3, 0.4) is 0 Å². The van der Waals surface area contributed by atoms with Gasteiger partial charge in [-0.25, -0.2) is 0 Å². The number of nitrogen functional groups attached to an aromatic ring is 1. The van der Waals surface area contributed by atoms with Crippen LogP contribution in [0.25, 0.3) is 0 Å². The predicted octanol–water partition coefficient (Wildman–Crippen LogP) is 4.30. The third kappa shape index (κ3) is 3.17. The summed E-state index contributed by atoms with van der Waals surface area (Å²) < 4.78 is 0.721. The van der Waals surface area contributed by atoms with E-state index in [-0.39, 0.29) is 32.7 Å². The minimum Gasteiger partial charge on any atom is -0.506 e. The van der Waals surface area contributed by atoms with Crippen molar-refractivity contribution in [2.24, 2.45) is 0 Å². The van der Waals surface area contributed by atoms with Crippen LogP contribution in [0.2, 0.25) is 10.0 Å². The molecule has 0 aliphatic rings. The van der Waals surface area contributed by atoms with Gasteiger partial charge in [-0.1, -0.05) is 39.1 Å². The van der Waals surface area contributed by atoms with Gasteiger partial charge in [0.25, 0.3) is 5.91 Å². The van der Waals surface area contributed by atoms with Gasteiger partial charge in [0.15, 0.2) is 0 Å². The van der Waals surface area contributed by atoms with Crippen molar-refractivity contribution in [1.29, 1.82) is 0 Å². The molecule has 7 heteroatoms. The van der Waals surface area contributed by atoms with Crippen LogP contribution in [-0.2, 0) is 0 Å². The Morgan fingerprint density at radius 3 is 2.40 bits per heavy atom. The third-order valence-corrected chi connectivity index (χ3v) is 3.67. The summed E-state index contributed by atoms with van der Waals surface area (Å²) in [5, 5.41) is 12.6. The number of carbonyl (C=O) groups excluding carboxylic acids is 1. The standard InChI is InChI=1S/C13H9BrCl2N2O2/c14-7-1-2-11(19)10(5-7)18-13(20)6-3-8(15)12(17)9(16)4-6/h1-5,19H,17H2,(H,18,20). The molecule has 0 radical (unpaired) electrons. The fourth-order valence-electron chi connectivity index (χ4n) is 1.52. The Bertz CT molecular complexity index is 669. The highest BCUT2D eigenvalue weighted by Gasteiger charge is 2.13. The number of aromatic hydroxyl groups is 1. The number of benzene rings is 2. The molecule has 2 aromatic rings. The van der Waals surface area contributed by atoms with Crippen molar-refractivity contribution in [1.82, 2.24) is 0 Å². The molecule has 20 heavy (non-hydrogen) atoms. The largest absolute Gasteiger partial charge is 0.506 e. The molecule has 0 aliphatic heterocycles. The fourth-order valence-corrected chi connectivity index (χ4v) is 2.37. The molecule has 0 saturated carbocycles. The summed E-state index contributed by atoms with van der Waals surface area (Å²) in [4.78, 5) is 12.1. The second-order valence-electron chi connectivity index (χ2n) is 3.97. The first-order valence-electron chi connectivity index (χ1n) is 5.43. The Morgan fingerprint density at radius 1 is 1.20 bits per heavy atom. The van der Waals surface area contributed by atoms with Crippen molar-refractivity contribution < 1.29 is 9.90 Å². The highest BCUT2D eigenvalue weighted by atomic mass is 79.9. The molecule has 0 aliphatic carbocycles. The van der Waals surface area contributed by atoms with Crippen molar-refractivity contribution in [3.8, 4) is 5.75 Å². The van der Waals surface area contributed by atoms with Crippen molar-refractivity contribution in [2.45, 2.75) is 0 Å². The van der Waals surface area contributed by atoms with E-state index in [1.807, 2.05) is 0 Å². The smallest absolute Gasteiger partial charge is 0.255 e. The van der Waals surface area contributed by atoms with Gasteiger partial charge >= 0.3 is 0 Å². The van der Waals surface area contributed by atoms with Crippen molar-refractivity contribution in [3.63, 3.8) is 0 Å². The normalized spacial score (nSPS) is 10.3. The topological polar surface area (TPSA) is 75.4 Å². The average molecular weight is 376 g/mol. The van der Waals surface area contributed by atoms with Gasteiger partial charge in [-0.2, -0.15) is 0 Å². The minimum atomic E-state index is -0.456. The summed E-state index contributed by atoms with van der Waals surface area (Å²) in [6.45, 7) is 0. The number of nitrogens with two attached hydrogens (primary N) is 1. The molecule has 4 N–H and O–H groups in total. The predicted molar refractivity (Wildman–Crippen MR) is 84.6 cm³/mol. The summed E-state index contributed by atoms with van der Waals surface area (Å²) in [6.07, 6.45) is 0. The molecule has 0 atom stereocenters. The van der Waals surface area contributed by atoms with E-state index in [2.05, 4.69) is 21.2 Å². The Morgan fingerprint density at radius 2 is 1.80 bits per heavy atom. The molecule has 0 spiro atoms. The lowest BCUT2D eigenvalue weighted by Gasteiger charge is -2.09. The van der Waals surface area contributed by atoms with E-state index in [9.17, 15) is 9.90 Å². The van der Waals surface area contributed by atoms with Crippen LogP contribution in [0.5, 0.6) is 5.75 Å². The van der Waals surface area contributed by atoms with E-state index in [0.29, 0.717) is 0 Å². The van der Waals surface area contributed by atoms with E-state index in [4.69, 9.17) is 28.9 Å². The highest BCUT2D eigenvalue weighted by molar-refractivity contribution is 9.10.